The molecule has 0 aliphatic carbocycles. The Balaban J connectivity index is 0.946. The number of likely N-dealkylation sites (N-methyl/N-ethyl adjacent to an activating group) is 1. The molecule has 5 aliphatic rings. The van der Waals surface area contributed by atoms with Crippen molar-refractivity contribution in [3.05, 3.63) is 60.2 Å². The Morgan fingerprint density at radius 3 is 2.16 bits per heavy atom. The Kier molecular flexibility index (Phi) is 7.78. The molecule has 11 heteroatoms. The van der Waals surface area contributed by atoms with Crippen molar-refractivity contribution in [1.29, 1.82) is 0 Å². The topological polar surface area (TPSA) is 98.3 Å². The summed E-state index contributed by atoms with van der Waals surface area (Å²) in [7, 11) is 2.17. The molecule has 8 rings (SSSR count). The molecule has 2 aromatic carbocycles. The molecule has 6 heterocycles. The number of carbonyl (C=O) groups excluding carboxylic acids is 1. The van der Waals surface area contributed by atoms with Crippen molar-refractivity contribution in [3.63, 3.8) is 0 Å². The average Bonchev–Trinajstić information content (AvgIpc) is 3.76. The van der Waals surface area contributed by atoms with Gasteiger partial charge in [0.05, 0.1) is 44.1 Å². The van der Waals surface area contributed by atoms with E-state index < -0.39 is 0 Å². The summed E-state index contributed by atoms with van der Waals surface area (Å²) >= 11 is 0. The summed E-state index contributed by atoms with van der Waals surface area (Å²) in [5, 5.41) is 5.92. The zero-order valence-corrected chi connectivity index (χ0v) is 25.9. The van der Waals surface area contributed by atoms with Crippen molar-refractivity contribution in [2.45, 2.75) is 50.0 Å². The van der Waals surface area contributed by atoms with Crippen LogP contribution in [0.4, 0.5) is 27.8 Å². The molecule has 1 aromatic heterocycles. The second kappa shape index (κ2) is 12.2. The number of ether oxygens (including phenoxy) is 2. The number of rotatable bonds is 7. The van der Waals surface area contributed by atoms with E-state index in [9.17, 15) is 4.79 Å². The zero-order valence-electron chi connectivity index (χ0n) is 25.9. The van der Waals surface area contributed by atoms with Gasteiger partial charge < -0.3 is 34.8 Å². The maximum absolute atomic E-state index is 12.8. The third kappa shape index (κ3) is 6.09. The molecule has 0 saturated carbocycles. The van der Waals surface area contributed by atoms with E-state index >= 15 is 0 Å². The van der Waals surface area contributed by atoms with E-state index in [0.29, 0.717) is 29.6 Å². The van der Waals surface area contributed by atoms with Crippen LogP contribution in [0.5, 0.6) is 0 Å². The van der Waals surface area contributed by atoms with Crippen LogP contribution in [-0.4, -0.2) is 110 Å². The van der Waals surface area contributed by atoms with Crippen LogP contribution in [0.3, 0.4) is 0 Å². The molecule has 3 aromatic rings. The summed E-state index contributed by atoms with van der Waals surface area (Å²) in [6, 6.07) is 18.9. The third-order valence-corrected chi connectivity index (χ3v) is 10.0. The van der Waals surface area contributed by atoms with Gasteiger partial charge >= 0.3 is 6.03 Å². The molecule has 5 fully saturated rings. The van der Waals surface area contributed by atoms with E-state index in [1.165, 1.54) is 5.56 Å². The fourth-order valence-electron chi connectivity index (χ4n) is 7.47. The van der Waals surface area contributed by atoms with Crippen molar-refractivity contribution in [2.75, 3.05) is 80.0 Å². The summed E-state index contributed by atoms with van der Waals surface area (Å²) in [6.45, 7) is 8.42. The Labute approximate surface area is 264 Å². The predicted octanol–water partition coefficient (Wildman–Crippen LogP) is 3.88. The van der Waals surface area contributed by atoms with Crippen LogP contribution < -0.4 is 20.4 Å². The van der Waals surface area contributed by atoms with Crippen LogP contribution >= 0.6 is 0 Å². The summed E-state index contributed by atoms with van der Waals surface area (Å²) in [5.74, 6) is 2.64. The molecule has 11 nitrogen and oxygen atoms in total. The van der Waals surface area contributed by atoms with Gasteiger partial charge in [-0.25, -0.2) is 14.8 Å². The van der Waals surface area contributed by atoms with Gasteiger partial charge in [0.2, 0.25) is 0 Å². The third-order valence-electron chi connectivity index (χ3n) is 10.0. The number of hydrogen-bond donors (Lipinski definition) is 2. The number of hydrogen-bond acceptors (Lipinski definition) is 9. The Bertz CT molecular complexity index is 1490. The van der Waals surface area contributed by atoms with Crippen LogP contribution in [0, 0.1) is 0 Å². The second-order valence-corrected chi connectivity index (χ2v) is 13.2. The van der Waals surface area contributed by atoms with Gasteiger partial charge in [-0.05, 0) is 68.3 Å². The highest BCUT2D eigenvalue weighted by molar-refractivity contribution is 5.99. The molecular weight excluding hydrogens is 568 g/mol. The Hall–Kier alpha value is -3.77. The summed E-state index contributed by atoms with van der Waals surface area (Å²) < 4.78 is 11.7. The van der Waals surface area contributed by atoms with Crippen LogP contribution in [0.2, 0.25) is 0 Å². The van der Waals surface area contributed by atoms with Gasteiger partial charge in [0, 0.05) is 62.3 Å². The molecule has 45 heavy (non-hydrogen) atoms. The van der Waals surface area contributed by atoms with Gasteiger partial charge in [-0.15, -0.1) is 0 Å². The van der Waals surface area contributed by atoms with Gasteiger partial charge in [-0.2, -0.15) is 0 Å². The quantitative estimate of drug-likeness (QED) is 0.413. The van der Waals surface area contributed by atoms with Gasteiger partial charge in [-0.1, -0.05) is 12.1 Å². The highest BCUT2D eigenvalue weighted by Crippen LogP contribution is 2.38. The van der Waals surface area contributed by atoms with E-state index in [4.69, 9.17) is 19.4 Å². The molecular formula is C34H42N8O3. The van der Waals surface area contributed by atoms with Crippen LogP contribution in [0.25, 0.3) is 11.4 Å². The van der Waals surface area contributed by atoms with Gasteiger partial charge in [0.15, 0.2) is 5.82 Å². The van der Waals surface area contributed by atoms with Crippen molar-refractivity contribution >= 4 is 29.0 Å². The molecule has 236 valence electrons. The number of nitrogens with one attached hydrogen (secondary N) is 2. The fourth-order valence-corrected chi connectivity index (χ4v) is 7.47. The zero-order chi connectivity index (χ0) is 30.3. The lowest BCUT2D eigenvalue weighted by Gasteiger charge is -2.36. The highest BCUT2D eigenvalue weighted by atomic mass is 16.5. The van der Waals surface area contributed by atoms with Crippen LogP contribution in [0.15, 0.2) is 54.6 Å². The van der Waals surface area contributed by atoms with Crippen molar-refractivity contribution in [2.24, 2.45) is 0 Å². The maximum Gasteiger partial charge on any atom is 0.323 e. The first-order valence-electron chi connectivity index (χ1n) is 16.4. The van der Waals surface area contributed by atoms with E-state index in [1.807, 2.05) is 36.4 Å². The lowest BCUT2D eigenvalue weighted by Crippen LogP contribution is -2.46. The van der Waals surface area contributed by atoms with Gasteiger partial charge in [0.1, 0.15) is 11.6 Å². The average molecular weight is 611 g/mol. The molecule has 4 unspecified atom stereocenters. The molecule has 2 N–H and O–H groups in total. The number of anilines is 4. The standard InChI is InChI=1S/C34H42N8O3/c1-39-12-14-40(15-13-39)18-23-2-6-25(7-3-23)35-34(43)36-26-8-4-24(5-9-26)33-37-31(41-19-30-16-29(41)22-45-30)17-32(38-33)42-27-10-11-28(42)21-44-20-27/h2-9,17,27-30H,10-16,18-22H2,1H3,(H2,35,36,43). The number of aromatic nitrogens is 2. The fraction of sp³-hybridized carbons (Fsp3) is 0.500. The van der Waals surface area contributed by atoms with E-state index in [-0.39, 0.29) is 12.1 Å². The van der Waals surface area contributed by atoms with E-state index in [0.717, 1.165) is 101 Å². The number of amides is 2. The molecule has 4 bridgehead atoms. The Morgan fingerprint density at radius 2 is 1.51 bits per heavy atom. The maximum atomic E-state index is 12.8. The molecule has 2 amide bonds. The smallest absolute Gasteiger partial charge is 0.323 e. The lowest BCUT2D eigenvalue weighted by atomic mass is 10.1. The highest BCUT2D eigenvalue weighted by Gasteiger charge is 2.42. The van der Waals surface area contributed by atoms with Crippen molar-refractivity contribution in [3.8, 4) is 11.4 Å². The minimum absolute atomic E-state index is 0.274. The van der Waals surface area contributed by atoms with Crippen LogP contribution in [-0.2, 0) is 16.0 Å². The number of piperazine rings is 1. The molecule has 4 atom stereocenters. The van der Waals surface area contributed by atoms with Gasteiger partial charge in [-0.3, -0.25) is 4.90 Å². The molecule has 0 spiro atoms. The second-order valence-electron chi connectivity index (χ2n) is 13.2. The number of morpholine rings is 2. The van der Waals surface area contributed by atoms with E-state index in [2.05, 4.69) is 55.5 Å². The number of benzene rings is 2. The summed E-state index contributed by atoms with van der Waals surface area (Å²) in [6.07, 6.45) is 3.60. The van der Waals surface area contributed by atoms with Crippen molar-refractivity contribution in [1.82, 2.24) is 19.8 Å². The first kappa shape index (κ1) is 28.7. The number of carbonyl (C=O) groups is 1. The monoisotopic (exact) mass is 610 g/mol. The number of nitrogens with zero attached hydrogens (tertiary/aromatic N) is 6. The first-order valence-corrected chi connectivity index (χ1v) is 16.4. The minimum Gasteiger partial charge on any atom is -0.377 e. The SMILES string of the molecule is CN1CCN(Cc2ccc(NC(=O)Nc3ccc(-c4nc(N5CC6CC5CO6)cc(N5C6CCC5COC6)n4)cc3)cc2)CC1. The predicted molar refractivity (Wildman–Crippen MR) is 175 cm³/mol. The van der Waals surface area contributed by atoms with Gasteiger partial charge in [0.25, 0.3) is 0 Å². The van der Waals surface area contributed by atoms with Crippen LogP contribution in [0.1, 0.15) is 24.8 Å². The summed E-state index contributed by atoms with van der Waals surface area (Å²) in [5.41, 5.74) is 3.64. The van der Waals surface area contributed by atoms with E-state index in [1.54, 1.807) is 0 Å². The minimum atomic E-state index is -0.274. The largest absolute Gasteiger partial charge is 0.377 e. The number of fused-ring (bicyclic) bond motifs is 4. The van der Waals surface area contributed by atoms with Crippen molar-refractivity contribution < 1.29 is 14.3 Å². The normalized spacial score (nSPS) is 26.4. The molecule has 5 saturated heterocycles. The summed E-state index contributed by atoms with van der Waals surface area (Å²) in [4.78, 5) is 32.7. The first-order chi connectivity index (χ1) is 22.0. The molecule has 0 radical (unpaired) electrons. The molecule has 5 aliphatic heterocycles. The number of urea groups is 1. The Morgan fingerprint density at radius 1 is 0.844 bits per heavy atom. The lowest BCUT2D eigenvalue weighted by molar-refractivity contribution is 0.0902.